The van der Waals surface area contributed by atoms with Crippen LogP contribution in [-0.2, 0) is 5.60 Å². The zero-order valence-electron chi connectivity index (χ0n) is 15.2. The lowest BCUT2D eigenvalue weighted by molar-refractivity contribution is -0.00503. The molecule has 2 heterocycles. The van der Waals surface area contributed by atoms with E-state index >= 15 is 0 Å². The molecule has 1 aromatic heterocycles. The summed E-state index contributed by atoms with van der Waals surface area (Å²) in [7, 11) is 0. The Morgan fingerprint density at radius 3 is 2.42 bits per heavy atom. The van der Waals surface area contributed by atoms with Gasteiger partial charge in [0.25, 0.3) is 0 Å². The van der Waals surface area contributed by atoms with Crippen LogP contribution >= 0.6 is 0 Å². The first kappa shape index (κ1) is 17.4. The van der Waals surface area contributed by atoms with Gasteiger partial charge in [-0.25, -0.2) is 4.79 Å². The number of hydrogen-bond acceptors (Lipinski definition) is 4. The van der Waals surface area contributed by atoms with E-state index in [4.69, 9.17) is 0 Å². The summed E-state index contributed by atoms with van der Waals surface area (Å²) in [6.45, 7) is 8.30. The monoisotopic (exact) mass is 334 g/mol. The fraction of sp³-hybridized carbons (Fsp3) is 0.833. The van der Waals surface area contributed by atoms with Crippen LogP contribution in [0, 0.1) is 11.3 Å². The number of aromatic nitrogens is 3. The zero-order chi connectivity index (χ0) is 17.4. The topological polar surface area (TPSA) is 71.2 Å². The van der Waals surface area contributed by atoms with E-state index in [0.29, 0.717) is 24.5 Å². The highest BCUT2D eigenvalue weighted by molar-refractivity contribution is 5.75. The van der Waals surface area contributed by atoms with Gasteiger partial charge in [-0.05, 0) is 37.0 Å². The van der Waals surface area contributed by atoms with Gasteiger partial charge in [0.1, 0.15) is 11.3 Å². The Bertz CT molecular complexity index is 576. The van der Waals surface area contributed by atoms with Gasteiger partial charge in [0.15, 0.2) is 0 Å². The van der Waals surface area contributed by atoms with Crippen LogP contribution in [0.4, 0.5) is 4.79 Å². The van der Waals surface area contributed by atoms with Crippen LogP contribution in [0.3, 0.4) is 0 Å². The quantitative estimate of drug-likeness (QED) is 0.856. The van der Waals surface area contributed by atoms with E-state index in [1.54, 1.807) is 6.20 Å². The third kappa shape index (κ3) is 3.48. The van der Waals surface area contributed by atoms with E-state index < -0.39 is 5.60 Å². The summed E-state index contributed by atoms with van der Waals surface area (Å²) in [5, 5.41) is 19.2. The molecular formula is C18H30N4O2. The molecule has 1 aliphatic heterocycles. The van der Waals surface area contributed by atoms with Gasteiger partial charge in [0, 0.05) is 13.1 Å². The smallest absolute Gasteiger partial charge is 0.362 e. The second-order valence-corrected chi connectivity index (χ2v) is 8.52. The average molecular weight is 334 g/mol. The van der Waals surface area contributed by atoms with E-state index in [-0.39, 0.29) is 11.4 Å². The molecule has 1 aromatic rings. The maximum absolute atomic E-state index is 12.6. The Balaban J connectivity index is 1.64. The normalized spacial score (nSPS) is 22.6. The molecule has 0 radical (unpaired) electrons. The van der Waals surface area contributed by atoms with E-state index in [2.05, 4.69) is 31.0 Å². The van der Waals surface area contributed by atoms with E-state index in [9.17, 15) is 9.90 Å². The molecule has 6 nitrogen and oxygen atoms in total. The van der Waals surface area contributed by atoms with Crippen molar-refractivity contribution in [2.45, 2.75) is 71.3 Å². The van der Waals surface area contributed by atoms with Crippen molar-refractivity contribution in [3.8, 4) is 0 Å². The molecule has 1 saturated carbocycles. The van der Waals surface area contributed by atoms with Crippen molar-refractivity contribution in [2.24, 2.45) is 11.3 Å². The summed E-state index contributed by atoms with van der Waals surface area (Å²) >= 11 is 0. The highest BCUT2D eigenvalue weighted by Crippen LogP contribution is 2.36. The summed E-state index contributed by atoms with van der Waals surface area (Å²) in [5.41, 5.74) is -0.0767. The first-order valence-electron chi connectivity index (χ1n) is 9.24. The number of likely N-dealkylation sites (tertiary alicyclic amines) is 1. The van der Waals surface area contributed by atoms with Crippen LogP contribution < -0.4 is 0 Å². The predicted molar refractivity (Wildman–Crippen MR) is 91.5 cm³/mol. The van der Waals surface area contributed by atoms with Crippen molar-refractivity contribution >= 4 is 6.03 Å². The van der Waals surface area contributed by atoms with E-state index in [1.165, 1.54) is 4.80 Å². The second-order valence-electron chi connectivity index (χ2n) is 8.52. The van der Waals surface area contributed by atoms with Gasteiger partial charge < -0.3 is 10.0 Å². The lowest BCUT2D eigenvalue weighted by Crippen LogP contribution is -2.44. The molecule has 24 heavy (non-hydrogen) atoms. The lowest BCUT2D eigenvalue weighted by atomic mass is 9.75. The van der Waals surface area contributed by atoms with Crippen molar-refractivity contribution in [3.05, 3.63) is 11.9 Å². The van der Waals surface area contributed by atoms with Crippen LogP contribution in [0.15, 0.2) is 6.20 Å². The van der Waals surface area contributed by atoms with Gasteiger partial charge in [0.2, 0.25) is 0 Å². The first-order valence-corrected chi connectivity index (χ1v) is 9.24. The number of rotatable bonds is 1. The van der Waals surface area contributed by atoms with Gasteiger partial charge in [-0.2, -0.15) is 5.10 Å². The van der Waals surface area contributed by atoms with Crippen LogP contribution in [0.1, 0.15) is 71.4 Å². The fourth-order valence-corrected chi connectivity index (χ4v) is 4.02. The third-order valence-corrected chi connectivity index (χ3v) is 5.81. The second kappa shape index (κ2) is 6.47. The summed E-state index contributed by atoms with van der Waals surface area (Å²) in [5.74, 6) is 0.644. The van der Waals surface area contributed by atoms with Crippen molar-refractivity contribution in [2.75, 3.05) is 13.1 Å². The molecule has 6 heteroatoms. The minimum absolute atomic E-state index is 0.173. The minimum atomic E-state index is -0.907. The Kier molecular flexibility index (Phi) is 4.69. The van der Waals surface area contributed by atoms with Crippen molar-refractivity contribution < 1.29 is 9.90 Å². The van der Waals surface area contributed by atoms with Crippen LogP contribution in [0.2, 0.25) is 0 Å². The molecule has 3 rings (SSSR count). The number of hydrogen-bond donors (Lipinski definition) is 1. The maximum Gasteiger partial charge on any atom is 0.362 e. The Labute approximate surface area is 144 Å². The number of carbonyl (C=O) groups is 1. The first-order chi connectivity index (χ1) is 11.3. The van der Waals surface area contributed by atoms with Gasteiger partial charge in [-0.1, -0.05) is 44.8 Å². The zero-order valence-corrected chi connectivity index (χ0v) is 15.2. The summed E-state index contributed by atoms with van der Waals surface area (Å²) in [6, 6.07) is -0.173. The summed E-state index contributed by atoms with van der Waals surface area (Å²) in [4.78, 5) is 15.6. The minimum Gasteiger partial charge on any atom is -0.383 e. The Hall–Kier alpha value is -1.43. The van der Waals surface area contributed by atoms with Gasteiger partial charge in [0.05, 0.1) is 6.20 Å². The number of aliphatic hydroxyl groups is 1. The highest BCUT2D eigenvalue weighted by Gasteiger charge is 2.35. The third-order valence-electron chi connectivity index (χ3n) is 5.81. The lowest BCUT2D eigenvalue weighted by Gasteiger charge is -2.38. The molecule has 0 aromatic carbocycles. The van der Waals surface area contributed by atoms with Crippen molar-refractivity contribution in [1.29, 1.82) is 0 Å². The number of nitrogens with zero attached hydrogens (tertiary/aromatic N) is 4. The van der Waals surface area contributed by atoms with Crippen molar-refractivity contribution in [3.63, 3.8) is 0 Å². The molecule has 0 unspecified atom stereocenters. The number of carbonyl (C=O) groups excluding carboxylic acids is 1. The van der Waals surface area contributed by atoms with Crippen LogP contribution in [0.5, 0.6) is 0 Å². The molecular weight excluding hydrogens is 304 g/mol. The molecule has 1 N–H and O–H groups in total. The molecule has 134 valence electrons. The standard InChI is InChI=1S/C18H30N4O2/c1-17(2,3)14-7-11-21(12-8-14)16(23)22-19-13-15(20-22)18(24)9-5-4-6-10-18/h13-14,24H,4-12H2,1-3H3. The predicted octanol–water partition coefficient (Wildman–Crippen LogP) is 3.16. The largest absolute Gasteiger partial charge is 0.383 e. The molecule has 1 amide bonds. The van der Waals surface area contributed by atoms with E-state index in [1.807, 2.05) is 4.90 Å². The highest BCUT2D eigenvalue weighted by atomic mass is 16.3. The van der Waals surface area contributed by atoms with E-state index in [0.717, 1.165) is 45.2 Å². The van der Waals surface area contributed by atoms with Crippen LogP contribution in [0.25, 0.3) is 0 Å². The molecule has 1 saturated heterocycles. The average Bonchev–Trinajstić information content (AvgIpc) is 3.05. The van der Waals surface area contributed by atoms with Gasteiger partial charge in [-0.3, -0.25) is 0 Å². The number of piperidine rings is 1. The Morgan fingerprint density at radius 1 is 1.21 bits per heavy atom. The number of amides is 1. The molecule has 2 aliphatic rings. The summed E-state index contributed by atoms with van der Waals surface area (Å²) < 4.78 is 0. The van der Waals surface area contributed by atoms with Gasteiger partial charge in [-0.15, -0.1) is 5.10 Å². The Morgan fingerprint density at radius 2 is 1.83 bits per heavy atom. The maximum atomic E-state index is 12.6. The van der Waals surface area contributed by atoms with Crippen LogP contribution in [-0.4, -0.2) is 44.1 Å². The molecule has 0 atom stereocenters. The molecule has 0 bridgehead atoms. The van der Waals surface area contributed by atoms with Gasteiger partial charge >= 0.3 is 6.03 Å². The van der Waals surface area contributed by atoms with Crippen molar-refractivity contribution in [1.82, 2.24) is 19.9 Å². The molecule has 0 spiro atoms. The fourth-order valence-electron chi connectivity index (χ4n) is 4.02. The summed E-state index contributed by atoms with van der Waals surface area (Å²) in [6.07, 6.45) is 8.16. The molecule has 2 fully saturated rings. The SMILES string of the molecule is CC(C)(C)C1CCN(C(=O)n2ncc(C3(O)CCCCC3)n2)CC1. The molecule has 1 aliphatic carbocycles.